The van der Waals surface area contributed by atoms with Gasteiger partial charge >= 0.3 is 0 Å². The van der Waals surface area contributed by atoms with Crippen LogP contribution in [0.4, 0.5) is 0 Å². The number of fused-ring (bicyclic) bond motifs is 1. The summed E-state index contributed by atoms with van der Waals surface area (Å²) in [5.74, 6) is 0.762. The van der Waals surface area contributed by atoms with Crippen LogP contribution in [-0.2, 0) is 20.7 Å². The molecule has 1 aromatic heterocycles. The molecule has 0 spiro atoms. The third-order valence-corrected chi connectivity index (χ3v) is 4.16. The molecule has 0 bridgehead atoms. The van der Waals surface area contributed by atoms with E-state index in [0.29, 0.717) is 32.8 Å². The lowest BCUT2D eigenvalue weighted by atomic mass is 10.1. The maximum Gasteiger partial charge on any atom is 0.224 e. The molecule has 2 heterocycles. The van der Waals surface area contributed by atoms with Crippen molar-refractivity contribution in [1.29, 1.82) is 0 Å². The molecule has 0 saturated carbocycles. The first kappa shape index (κ1) is 16.8. The number of hydrogen-bond acceptors (Lipinski definition) is 4. The standard InChI is InChI=1S/C18H24N2O4/c1-3-23-15-7-5-6-13-18(15)12(9-19-13)8-17(21)20-14-10-22-11-16(14)24-4-2/h5-7,9,14,16,19H,3-4,8,10-11H2,1-2H3,(H,20,21)/t14-,16-/m1/s1. The molecule has 3 rings (SSSR count). The molecule has 1 saturated heterocycles. The number of hydrogen-bond donors (Lipinski definition) is 2. The number of ether oxygens (including phenoxy) is 3. The van der Waals surface area contributed by atoms with Crippen molar-refractivity contribution < 1.29 is 19.0 Å². The molecule has 1 amide bonds. The summed E-state index contributed by atoms with van der Waals surface area (Å²) in [6.07, 6.45) is 2.10. The van der Waals surface area contributed by atoms with Crippen molar-refractivity contribution in [2.24, 2.45) is 0 Å². The molecule has 6 heteroatoms. The van der Waals surface area contributed by atoms with Crippen LogP contribution in [0, 0.1) is 0 Å². The van der Waals surface area contributed by atoms with E-state index in [0.717, 1.165) is 22.2 Å². The number of benzene rings is 1. The van der Waals surface area contributed by atoms with Crippen LogP contribution in [0.15, 0.2) is 24.4 Å². The van der Waals surface area contributed by atoms with E-state index < -0.39 is 0 Å². The monoisotopic (exact) mass is 332 g/mol. The zero-order valence-electron chi connectivity index (χ0n) is 14.1. The molecule has 2 atom stereocenters. The fourth-order valence-electron chi connectivity index (χ4n) is 3.11. The number of carbonyl (C=O) groups excluding carboxylic acids is 1. The van der Waals surface area contributed by atoms with Gasteiger partial charge in [-0.3, -0.25) is 4.79 Å². The van der Waals surface area contributed by atoms with Crippen LogP contribution < -0.4 is 10.1 Å². The van der Waals surface area contributed by atoms with E-state index >= 15 is 0 Å². The fourth-order valence-corrected chi connectivity index (χ4v) is 3.11. The van der Waals surface area contributed by atoms with Gasteiger partial charge in [-0.15, -0.1) is 0 Å². The Labute approximate surface area is 141 Å². The molecule has 1 aliphatic heterocycles. The molecular weight excluding hydrogens is 308 g/mol. The minimum Gasteiger partial charge on any atom is -0.493 e. The lowest BCUT2D eigenvalue weighted by Crippen LogP contribution is -2.44. The summed E-state index contributed by atoms with van der Waals surface area (Å²) in [6, 6.07) is 5.76. The van der Waals surface area contributed by atoms with Gasteiger partial charge < -0.3 is 24.5 Å². The van der Waals surface area contributed by atoms with Crippen LogP contribution in [0.2, 0.25) is 0 Å². The quantitative estimate of drug-likeness (QED) is 0.814. The molecule has 1 fully saturated rings. The zero-order chi connectivity index (χ0) is 16.9. The number of aromatic nitrogens is 1. The Morgan fingerprint density at radius 1 is 1.33 bits per heavy atom. The van der Waals surface area contributed by atoms with Crippen molar-refractivity contribution in [2.45, 2.75) is 32.4 Å². The van der Waals surface area contributed by atoms with E-state index in [2.05, 4.69) is 10.3 Å². The maximum absolute atomic E-state index is 12.5. The number of amides is 1. The van der Waals surface area contributed by atoms with Gasteiger partial charge in [0.15, 0.2) is 0 Å². The molecule has 2 N–H and O–H groups in total. The lowest BCUT2D eigenvalue weighted by Gasteiger charge is -2.18. The normalized spacial score (nSPS) is 20.4. The van der Waals surface area contributed by atoms with Crippen molar-refractivity contribution in [1.82, 2.24) is 10.3 Å². The molecule has 2 aromatic rings. The van der Waals surface area contributed by atoms with Crippen molar-refractivity contribution in [3.63, 3.8) is 0 Å². The summed E-state index contributed by atoms with van der Waals surface area (Å²) < 4.78 is 16.7. The summed E-state index contributed by atoms with van der Waals surface area (Å²) in [5.41, 5.74) is 1.90. The SMILES string of the molecule is CCOc1cccc2[nH]cc(CC(=O)N[C@@H]3COC[C@H]3OCC)c12. The molecule has 0 unspecified atom stereocenters. The van der Waals surface area contributed by atoms with Crippen LogP contribution in [0.5, 0.6) is 5.75 Å². The van der Waals surface area contributed by atoms with Gasteiger partial charge in [0, 0.05) is 23.7 Å². The predicted octanol–water partition coefficient (Wildman–Crippen LogP) is 2.03. The van der Waals surface area contributed by atoms with Gasteiger partial charge in [-0.2, -0.15) is 0 Å². The topological polar surface area (TPSA) is 72.6 Å². The van der Waals surface area contributed by atoms with Crippen molar-refractivity contribution in [3.05, 3.63) is 30.0 Å². The maximum atomic E-state index is 12.5. The molecule has 1 aliphatic rings. The third-order valence-electron chi connectivity index (χ3n) is 4.16. The van der Waals surface area contributed by atoms with Crippen LogP contribution >= 0.6 is 0 Å². The molecule has 0 aliphatic carbocycles. The van der Waals surface area contributed by atoms with Gasteiger partial charge in [0.2, 0.25) is 5.91 Å². The minimum absolute atomic E-state index is 0.0394. The number of nitrogens with one attached hydrogen (secondary N) is 2. The Bertz CT molecular complexity index is 697. The molecule has 0 radical (unpaired) electrons. The highest BCUT2D eigenvalue weighted by Gasteiger charge is 2.30. The molecule has 24 heavy (non-hydrogen) atoms. The van der Waals surface area contributed by atoms with Gasteiger partial charge in [0.25, 0.3) is 0 Å². The van der Waals surface area contributed by atoms with Crippen molar-refractivity contribution in [3.8, 4) is 5.75 Å². The highest BCUT2D eigenvalue weighted by molar-refractivity contribution is 5.93. The Morgan fingerprint density at radius 3 is 3.00 bits per heavy atom. The fraction of sp³-hybridized carbons (Fsp3) is 0.500. The molecule has 1 aromatic carbocycles. The highest BCUT2D eigenvalue weighted by atomic mass is 16.5. The number of carbonyl (C=O) groups is 1. The number of aromatic amines is 1. The minimum atomic E-state index is -0.0889. The first-order valence-corrected chi connectivity index (χ1v) is 8.43. The van der Waals surface area contributed by atoms with Gasteiger partial charge in [-0.1, -0.05) is 6.07 Å². The van der Waals surface area contributed by atoms with E-state index in [1.54, 1.807) is 0 Å². The zero-order valence-corrected chi connectivity index (χ0v) is 14.1. The first-order chi connectivity index (χ1) is 11.7. The summed E-state index contributed by atoms with van der Waals surface area (Å²) in [7, 11) is 0. The van der Waals surface area contributed by atoms with Crippen LogP contribution in [0.3, 0.4) is 0 Å². The summed E-state index contributed by atoms with van der Waals surface area (Å²) >= 11 is 0. The highest BCUT2D eigenvalue weighted by Crippen LogP contribution is 2.29. The Kier molecular flexibility index (Phi) is 5.37. The van der Waals surface area contributed by atoms with Gasteiger partial charge in [0.05, 0.1) is 32.3 Å². The second kappa shape index (κ2) is 7.68. The van der Waals surface area contributed by atoms with Crippen molar-refractivity contribution >= 4 is 16.8 Å². The summed E-state index contributed by atoms with van der Waals surface area (Å²) in [6.45, 7) is 6.12. The lowest BCUT2D eigenvalue weighted by molar-refractivity contribution is -0.121. The van der Waals surface area contributed by atoms with Crippen LogP contribution in [0.25, 0.3) is 10.9 Å². The van der Waals surface area contributed by atoms with E-state index in [-0.39, 0.29) is 18.1 Å². The summed E-state index contributed by atoms with van der Waals surface area (Å²) in [5, 5.41) is 4.00. The Morgan fingerprint density at radius 2 is 2.21 bits per heavy atom. The van der Waals surface area contributed by atoms with Crippen LogP contribution in [-0.4, -0.2) is 49.5 Å². The van der Waals surface area contributed by atoms with E-state index in [1.165, 1.54) is 0 Å². The van der Waals surface area contributed by atoms with Crippen LogP contribution in [0.1, 0.15) is 19.4 Å². The Balaban J connectivity index is 1.71. The molecule has 130 valence electrons. The number of H-pyrrole nitrogens is 1. The van der Waals surface area contributed by atoms with E-state index in [4.69, 9.17) is 14.2 Å². The Hall–Kier alpha value is -2.05. The van der Waals surface area contributed by atoms with Gasteiger partial charge in [0.1, 0.15) is 11.9 Å². The molecule has 6 nitrogen and oxygen atoms in total. The second-order valence-corrected chi connectivity index (χ2v) is 5.81. The summed E-state index contributed by atoms with van der Waals surface area (Å²) in [4.78, 5) is 15.7. The molecular formula is C18H24N2O4. The largest absolute Gasteiger partial charge is 0.493 e. The van der Waals surface area contributed by atoms with E-state index in [1.807, 2.05) is 38.2 Å². The third kappa shape index (κ3) is 3.55. The first-order valence-electron chi connectivity index (χ1n) is 8.43. The average molecular weight is 332 g/mol. The number of rotatable bonds is 7. The average Bonchev–Trinajstić information content (AvgIpc) is 3.16. The second-order valence-electron chi connectivity index (χ2n) is 5.81. The smallest absolute Gasteiger partial charge is 0.224 e. The van der Waals surface area contributed by atoms with Gasteiger partial charge in [-0.25, -0.2) is 0 Å². The van der Waals surface area contributed by atoms with Crippen molar-refractivity contribution in [2.75, 3.05) is 26.4 Å². The predicted molar refractivity (Wildman–Crippen MR) is 91.3 cm³/mol. The van der Waals surface area contributed by atoms with E-state index in [9.17, 15) is 4.79 Å². The van der Waals surface area contributed by atoms with Gasteiger partial charge in [-0.05, 0) is 31.5 Å².